The number of rotatable bonds is 1. The number of piperidine rings is 2. The molecule has 13 heavy (non-hydrogen) atoms. The van der Waals surface area contributed by atoms with Crippen molar-refractivity contribution in [2.75, 3.05) is 19.6 Å². The smallest absolute Gasteiger partial charge is 0.113 e. The first-order valence-electron chi connectivity index (χ1n) is 5.44. The molecule has 0 bridgehead atoms. The maximum Gasteiger partial charge on any atom is 0.113 e. The van der Waals surface area contributed by atoms with Gasteiger partial charge in [0.05, 0.1) is 0 Å². The van der Waals surface area contributed by atoms with E-state index in [0.29, 0.717) is 12.6 Å². The second-order valence-electron chi connectivity index (χ2n) is 4.28. The molecule has 0 aromatic heterocycles. The highest BCUT2D eigenvalue weighted by molar-refractivity contribution is 4.85. The van der Waals surface area contributed by atoms with Gasteiger partial charge in [0, 0.05) is 12.6 Å². The van der Waals surface area contributed by atoms with E-state index in [0.717, 1.165) is 31.8 Å². The molecular weight excluding hydrogens is 167 g/mol. The lowest BCUT2D eigenvalue weighted by Gasteiger charge is -2.35. The maximum atomic E-state index is 12.8. The zero-order valence-corrected chi connectivity index (χ0v) is 8.06. The summed E-state index contributed by atoms with van der Waals surface area (Å²) in [6, 6.07) is 0.592. The van der Waals surface area contributed by atoms with E-state index in [1.807, 2.05) is 0 Å². The fraction of sp³-hybridized carbons (Fsp3) is 1.00. The molecule has 0 saturated carbocycles. The van der Waals surface area contributed by atoms with Crippen LogP contribution in [0, 0.1) is 5.92 Å². The number of hydrogen-bond acceptors (Lipinski definition) is 2. The van der Waals surface area contributed by atoms with Crippen LogP contribution in [-0.2, 0) is 0 Å². The van der Waals surface area contributed by atoms with Crippen molar-refractivity contribution in [1.29, 1.82) is 0 Å². The van der Waals surface area contributed by atoms with Crippen LogP contribution in [0.3, 0.4) is 0 Å². The van der Waals surface area contributed by atoms with E-state index in [1.54, 1.807) is 0 Å². The molecule has 2 unspecified atom stereocenters. The summed E-state index contributed by atoms with van der Waals surface area (Å²) in [5.41, 5.74) is 0. The van der Waals surface area contributed by atoms with E-state index < -0.39 is 6.17 Å². The van der Waals surface area contributed by atoms with Gasteiger partial charge in [-0.05, 0) is 44.7 Å². The van der Waals surface area contributed by atoms with Crippen molar-refractivity contribution in [3.63, 3.8) is 0 Å². The van der Waals surface area contributed by atoms with Crippen molar-refractivity contribution in [2.24, 2.45) is 5.92 Å². The lowest BCUT2D eigenvalue weighted by Crippen LogP contribution is -2.47. The summed E-state index contributed by atoms with van der Waals surface area (Å²) < 4.78 is 12.8. The molecule has 2 heterocycles. The Kier molecular flexibility index (Phi) is 3.17. The third-order valence-electron chi connectivity index (χ3n) is 3.35. The molecule has 2 aliphatic rings. The molecule has 3 heteroatoms. The molecule has 2 nitrogen and oxygen atoms in total. The van der Waals surface area contributed by atoms with Crippen LogP contribution in [0.5, 0.6) is 0 Å². The fourth-order valence-corrected chi connectivity index (χ4v) is 2.49. The summed E-state index contributed by atoms with van der Waals surface area (Å²) >= 11 is 0. The minimum Gasteiger partial charge on any atom is -0.317 e. The van der Waals surface area contributed by atoms with Gasteiger partial charge < -0.3 is 10.6 Å². The van der Waals surface area contributed by atoms with Crippen LogP contribution in [0.1, 0.15) is 25.7 Å². The topological polar surface area (TPSA) is 24.1 Å². The van der Waals surface area contributed by atoms with Crippen LogP contribution in [0.2, 0.25) is 0 Å². The van der Waals surface area contributed by atoms with Crippen molar-refractivity contribution in [3.8, 4) is 0 Å². The molecule has 0 radical (unpaired) electrons. The molecule has 0 aromatic rings. The Hall–Kier alpha value is -0.150. The molecule has 0 aliphatic carbocycles. The SMILES string of the molecule is FC1CCC(C2CCNCC2)NC1. The van der Waals surface area contributed by atoms with E-state index >= 15 is 0 Å². The maximum absolute atomic E-state index is 12.8. The summed E-state index contributed by atoms with van der Waals surface area (Å²) in [6.07, 6.45) is 3.72. The highest BCUT2D eigenvalue weighted by atomic mass is 19.1. The van der Waals surface area contributed by atoms with Gasteiger partial charge in [0.1, 0.15) is 6.17 Å². The summed E-state index contributed by atoms with van der Waals surface area (Å²) in [5.74, 6) is 0.786. The van der Waals surface area contributed by atoms with Crippen LogP contribution in [0.15, 0.2) is 0 Å². The summed E-state index contributed by atoms with van der Waals surface area (Å²) in [5, 5.41) is 6.70. The lowest BCUT2D eigenvalue weighted by atomic mass is 9.85. The van der Waals surface area contributed by atoms with Gasteiger partial charge in [-0.2, -0.15) is 0 Å². The first-order valence-corrected chi connectivity index (χ1v) is 5.44. The van der Waals surface area contributed by atoms with Crippen LogP contribution < -0.4 is 10.6 Å². The van der Waals surface area contributed by atoms with E-state index in [4.69, 9.17) is 0 Å². The van der Waals surface area contributed by atoms with Crippen molar-refractivity contribution in [2.45, 2.75) is 37.9 Å². The average Bonchev–Trinajstić information content (AvgIpc) is 2.20. The van der Waals surface area contributed by atoms with Crippen LogP contribution >= 0.6 is 0 Å². The van der Waals surface area contributed by atoms with Crippen molar-refractivity contribution in [1.82, 2.24) is 10.6 Å². The molecule has 2 fully saturated rings. The summed E-state index contributed by atoms with van der Waals surface area (Å²) in [4.78, 5) is 0. The average molecular weight is 186 g/mol. The second kappa shape index (κ2) is 4.38. The molecule has 2 N–H and O–H groups in total. The van der Waals surface area contributed by atoms with Gasteiger partial charge >= 0.3 is 0 Å². The van der Waals surface area contributed by atoms with E-state index in [-0.39, 0.29) is 0 Å². The third-order valence-corrected chi connectivity index (χ3v) is 3.35. The molecule has 0 aromatic carbocycles. The van der Waals surface area contributed by atoms with Gasteiger partial charge in [-0.1, -0.05) is 0 Å². The van der Waals surface area contributed by atoms with Crippen molar-refractivity contribution in [3.05, 3.63) is 0 Å². The zero-order chi connectivity index (χ0) is 9.10. The van der Waals surface area contributed by atoms with Gasteiger partial charge in [0.25, 0.3) is 0 Å². The molecule has 0 spiro atoms. The number of nitrogens with one attached hydrogen (secondary N) is 2. The molecular formula is C10H19FN2. The minimum atomic E-state index is -0.599. The summed E-state index contributed by atoms with van der Waals surface area (Å²) in [6.45, 7) is 2.86. The molecule has 2 aliphatic heterocycles. The van der Waals surface area contributed by atoms with Gasteiger partial charge in [0.2, 0.25) is 0 Å². The quantitative estimate of drug-likeness (QED) is 0.640. The first-order chi connectivity index (χ1) is 6.36. The van der Waals surface area contributed by atoms with Crippen LogP contribution in [0.4, 0.5) is 4.39 Å². The highest BCUT2D eigenvalue weighted by Gasteiger charge is 2.27. The number of halogens is 1. The predicted molar refractivity (Wildman–Crippen MR) is 51.5 cm³/mol. The van der Waals surface area contributed by atoms with E-state index in [1.165, 1.54) is 12.8 Å². The van der Waals surface area contributed by atoms with Gasteiger partial charge in [-0.15, -0.1) is 0 Å². The Morgan fingerprint density at radius 3 is 2.38 bits per heavy atom. The molecule has 76 valence electrons. The van der Waals surface area contributed by atoms with Gasteiger partial charge in [0.15, 0.2) is 0 Å². The van der Waals surface area contributed by atoms with Crippen molar-refractivity contribution < 1.29 is 4.39 Å². The molecule has 2 rings (SSSR count). The normalized spacial score (nSPS) is 37.6. The predicted octanol–water partition coefficient (Wildman–Crippen LogP) is 1.08. The van der Waals surface area contributed by atoms with Gasteiger partial charge in [-0.25, -0.2) is 4.39 Å². The first kappa shape index (κ1) is 9.41. The Balaban J connectivity index is 1.79. The zero-order valence-electron chi connectivity index (χ0n) is 8.06. The van der Waals surface area contributed by atoms with E-state index in [9.17, 15) is 4.39 Å². The van der Waals surface area contributed by atoms with Crippen LogP contribution in [-0.4, -0.2) is 31.8 Å². The number of alkyl halides is 1. The highest BCUT2D eigenvalue weighted by Crippen LogP contribution is 2.23. The monoisotopic (exact) mass is 186 g/mol. The largest absolute Gasteiger partial charge is 0.317 e. The standard InChI is InChI=1S/C10H19FN2/c11-9-1-2-10(13-7-9)8-3-5-12-6-4-8/h8-10,12-13H,1-7H2. The Morgan fingerprint density at radius 1 is 1.00 bits per heavy atom. The van der Waals surface area contributed by atoms with Crippen molar-refractivity contribution >= 4 is 0 Å². The molecule has 2 atom stereocenters. The Labute approximate surface area is 79.3 Å². The Morgan fingerprint density at radius 2 is 1.77 bits per heavy atom. The Bertz CT molecular complexity index is 149. The van der Waals surface area contributed by atoms with Crippen LogP contribution in [0.25, 0.3) is 0 Å². The van der Waals surface area contributed by atoms with E-state index in [2.05, 4.69) is 10.6 Å². The third kappa shape index (κ3) is 2.41. The summed E-state index contributed by atoms with van der Waals surface area (Å²) in [7, 11) is 0. The minimum absolute atomic E-state index is 0.578. The second-order valence-corrected chi connectivity index (χ2v) is 4.28. The lowest BCUT2D eigenvalue weighted by molar-refractivity contribution is 0.179. The fourth-order valence-electron chi connectivity index (χ4n) is 2.49. The molecule has 2 saturated heterocycles. The van der Waals surface area contributed by atoms with Gasteiger partial charge in [-0.3, -0.25) is 0 Å². The molecule has 0 amide bonds. The number of hydrogen-bond donors (Lipinski definition) is 2.